The lowest BCUT2D eigenvalue weighted by Gasteiger charge is -2.33. The molecule has 2 unspecified atom stereocenters. The summed E-state index contributed by atoms with van der Waals surface area (Å²) >= 11 is 0. The average molecular weight is 247 g/mol. The van der Waals surface area contributed by atoms with Gasteiger partial charge in [-0.25, -0.2) is 0 Å². The highest BCUT2D eigenvalue weighted by Gasteiger charge is 2.29. The van der Waals surface area contributed by atoms with Crippen LogP contribution in [0.4, 0.5) is 0 Å². The standard InChI is InChI=1S/C16H25NO/c1-12-8-10-13(11-9-12)15(17)16(18-2)14-6-4-3-5-7-14/h8-11,14-16H,3-7,17H2,1-2H3. The van der Waals surface area contributed by atoms with Gasteiger partial charge in [0.2, 0.25) is 0 Å². The predicted molar refractivity (Wildman–Crippen MR) is 75.5 cm³/mol. The van der Waals surface area contributed by atoms with Crippen LogP contribution < -0.4 is 5.73 Å². The number of hydrogen-bond acceptors (Lipinski definition) is 2. The molecule has 0 heterocycles. The summed E-state index contributed by atoms with van der Waals surface area (Å²) < 4.78 is 5.71. The highest BCUT2D eigenvalue weighted by Crippen LogP contribution is 2.33. The van der Waals surface area contributed by atoms with Gasteiger partial charge < -0.3 is 10.5 Å². The van der Waals surface area contributed by atoms with Crippen LogP contribution in [0.1, 0.15) is 49.3 Å². The molecule has 2 heteroatoms. The lowest BCUT2D eigenvalue weighted by molar-refractivity contribution is 0.0173. The second kappa shape index (κ2) is 6.35. The summed E-state index contributed by atoms with van der Waals surface area (Å²) in [6.07, 6.45) is 6.70. The Kier molecular flexibility index (Phi) is 4.79. The highest BCUT2D eigenvalue weighted by atomic mass is 16.5. The van der Waals surface area contributed by atoms with Gasteiger partial charge in [0.1, 0.15) is 0 Å². The van der Waals surface area contributed by atoms with Crippen molar-refractivity contribution >= 4 is 0 Å². The van der Waals surface area contributed by atoms with E-state index in [9.17, 15) is 0 Å². The molecule has 1 fully saturated rings. The Balaban J connectivity index is 2.08. The maximum atomic E-state index is 6.41. The van der Waals surface area contributed by atoms with Crippen molar-refractivity contribution in [2.24, 2.45) is 11.7 Å². The molecule has 0 amide bonds. The topological polar surface area (TPSA) is 35.2 Å². The van der Waals surface area contributed by atoms with Gasteiger partial charge >= 0.3 is 0 Å². The summed E-state index contributed by atoms with van der Waals surface area (Å²) in [5.74, 6) is 0.625. The van der Waals surface area contributed by atoms with E-state index in [2.05, 4.69) is 31.2 Å². The maximum Gasteiger partial charge on any atom is 0.0791 e. The molecule has 0 bridgehead atoms. The van der Waals surface area contributed by atoms with E-state index in [1.807, 2.05) is 0 Å². The molecule has 2 nitrogen and oxygen atoms in total. The van der Waals surface area contributed by atoms with E-state index < -0.39 is 0 Å². The summed E-state index contributed by atoms with van der Waals surface area (Å²) in [4.78, 5) is 0. The molecule has 0 saturated heterocycles. The fraction of sp³-hybridized carbons (Fsp3) is 0.625. The minimum atomic E-state index is -0.00120. The van der Waals surface area contributed by atoms with Gasteiger partial charge in [0, 0.05) is 7.11 Å². The number of benzene rings is 1. The van der Waals surface area contributed by atoms with Crippen LogP contribution in [0.3, 0.4) is 0 Å². The van der Waals surface area contributed by atoms with Gasteiger partial charge in [-0.3, -0.25) is 0 Å². The lowest BCUT2D eigenvalue weighted by Crippen LogP contribution is -2.35. The Bertz CT molecular complexity index is 354. The Morgan fingerprint density at radius 2 is 1.72 bits per heavy atom. The number of nitrogens with two attached hydrogens (primary N) is 1. The predicted octanol–water partition coefficient (Wildman–Crippen LogP) is 3.59. The zero-order chi connectivity index (χ0) is 13.0. The van der Waals surface area contributed by atoms with E-state index in [-0.39, 0.29) is 12.1 Å². The number of hydrogen-bond donors (Lipinski definition) is 1. The van der Waals surface area contributed by atoms with Crippen molar-refractivity contribution in [3.8, 4) is 0 Å². The van der Waals surface area contributed by atoms with E-state index in [4.69, 9.17) is 10.5 Å². The average Bonchev–Trinajstić information content (AvgIpc) is 2.41. The van der Waals surface area contributed by atoms with Crippen molar-refractivity contribution in [2.45, 2.75) is 51.2 Å². The van der Waals surface area contributed by atoms with Crippen LogP contribution in [0.15, 0.2) is 24.3 Å². The van der Waals surface area contributed by atoms with Crippen LogP contribution in [-0.2, 0) is 4.74 Å². The number of methoxy groups -OCH3 is 1. The largest absolute Gasteiger partial charge is 0.379 e. The zero-order valence-corrected chi connectivity index (χ0v) is 11.6. The fourth-order valence-corrected chi connectivity index (χ4v) is 3.07. The summed E-state index contributed by atoms with van der Waals surface area (Å²) in [6, 6.07) is 8.52. The van der Waals surface area contributed by atoms with Crippen molar-refractivity contribution in [3.05, 3.63) is 35.4 Å². The highest BCUT2D eigenvalue weighted by molar-refractivity contribution is 5.24. The van der Waals surface area contributed by atoms with Crippen molar-refractivity contribution in [1.82, 2.24) is 0 Å². The molecular formula is C16H25NO. The molecule has 1 aliphatic carbocycles. The molecule has 18 heavy (non-hydrogen) atoms. The van der Waals surface area contributed by atoms with E-state index in [1.54, 1.807) is 7.11 Å². The summed E-state index contributed by atoms with van der Waals surface area (Å²) in [5.41, 5.74) is 8.87. The van der Waals surface area contributed by atoms with E-state index >= 15 is 0 Å². The molecule has 0 radical (unpaired) electrons. The lowest BCUT2D eigenvalue weighted by atomic mass is 9.81. The summed E-state index contributed by atoms with van der Waals surface area (Å²) in [6.45, 7) is 2.10. The van der Waals surface area contributed by atoms with Crippen molar-refractivity contribution < 1.29 is 4.74 Å². The monoisotopic (exact) mass is 247 g/mol. The molecular weight excluding hydrogens is 222 g/mol. The van der Waals surface area contributed by atoms with Gasteiger partial charge in [-0.15, -0.1) is 0 Å². The fourth-order valence-electron chi connectivity index (χ4n) is 3.07. The number of aryl methyl sites for hydroxylation is 1. The molecule has 0 spiro atoms. The first kappa shape index (κ1) is 13.6. The molecule has 1 aromatic carbocycles. The Hall–Kier alpha value is -0.860. The first-order valence-electron chi connectivity index (χ1n) is 7.07. The van der Waals surface area contributed by atoms with Crippen LogP contribution in [0.25, 0.3) is 0 Å². The van der Waals surface area contributed by atoms with E-state index in [0.29, 0.717) is 5.92 Å². The maximum absolute atomic E-state index is 6.41. The zero-order valence-electron chi connectivity index (χ0n) is 11.6. The third-order valence-corrected chi connectivity index (χ3v) is 4.20. The molecule has 0 aliphatic heterocycles. The van der Waals surface area contributed by atoms with E-state index in [1.165, 1.54) is 43.2 Å². The Morgan fingerprint density at radius 1 is 1.11 bits per heavy atom. The summed E-state index contributed by atoms with van der Waals surface area (Å²) in [5, 5.41) is 0. The first-order valence-corrected chi connectivity index (χ1v) is 7.07. The van der Waals surface area contributed by atoms with Crippen LogP contribution in [0, 0.1) is 12.8 Å². The normalized spacial score (nSPS) is 20.6. The van der Waals surface area contributed by atoms with Crippen molar-refractivity contribution in [3.63, 3.8) is 0 Å². The van der Waals surface area contributed by atoms with Gasteiger partial charge in [-0.05, 0) is 31.2 Å². The minimum absolute atomic E-state index is 0.00120. The Labute approximate surface area is 111 Å². The minimum Gasteiger partial charge on any atom is -0.379 e. The first-order chi connectivity index (χ1) is 8.72. The molecule has 1 aliphatic rings. The van der Waals surface area contributed by atoms with Crippen LogP contribution in [-0.4, -0.2) is 13.2 Å². The molecule has 1 aromatic rings. The second-order valence-electron chi connectivity index (χ2n) is 5.53. The number of ether oxygens (including phenoxy) is 1. The van der Waals surface area contributed by atoms with Gasteiger partial charge in [0.05, 0.1) is 12.1 Å². The Morgan fingerprint density at radius 3 is 2.28 bits per heavy atom. The van der Waals surface area contributed by atoms with Crippen LogP contribution in [0.5, 0.6) is 0 Å². The summed E-state index contributed by atoms with van der Waals surface area (Å²) in [7, 11) is 1.80. The molecule has 2 N–H and O–H groups in total. The van der Waals surface area contributed by atoms with Gasteiger partial charge in [0.25, 0.3) is 0 Å². The SMILES string of the molecule is COC(C1CCCCC1)C(N)c1ccc(C)cc1. The van der Waals surface area contributed by atoms with Crippen molar-refractivity contribution in [1.29, 1.82) is 0 Å². The molecule has 1 saturated carbocycles. The third-order valence-electron chi connectivity index (χ3n) is 4.20. The number of rotatable bonds is 4. The molecule has 100 valence electrons. The van der Waals surface area contributed by atoms with Crippen molar-refractivity contribution in [2.75, 3.05) is 7.11 Å². The van der Waals surface area contributed by atoms with Gasteiger partial charge in [-0.2, -0.15) is 0 Å². The van der Waals surface area contributed by atoms with Crippen LogP contribution in [0.2, 0.25) is 0 Å². The quantitative estimate of drug-likeness (QED) is 0.882. The smallest absolute Gasteiger partial charge is 0.0791 e. The third kappa shape index (κ3) is 3.12. The van der Waals surface area contributed by atoms with E-state index in [0.717, 1.165) is 0 Å². The second-order valence-corrected chi connectivity index (χ2v) is 5.53. The molecule has 2 rings (SSSR count). The molecule has 0 aromatic heterocycles. The van der Waals surface area contributed by atoms with Gasteiger partial charge in [-0.1, -0.05) is 49.1 Å². The van der Waals surface area contributed by atoms with Crippen LogP contribution >= 0.6 is 0 Å². The molecule has 2 atom stereocenters. The van der Waals surface area contributed by atoms with Gasteiger partial charge in [0.15, 0.2) is 0 Å².